The lowest BCUT2D eigenvalue weighted by atomic mass is 10.1. The van der Waals surface area contributed by atoms with Crippen LogP contribution in [0.2, 0.25) is 0 Å². The molecule has 0 N–H and O–H groups in total. The minimum Gasteiger partial charge on any atom is -0.298 e. The average Bonchev–Trinajstić information content (AvgIpc) is 3.08. The van der Waals surface area contributed by atoms with E-state index in [0.29, 0.717) is 0 Å². The number of imidazole rings is 1. The molecule has 2 nitrogen and oxygen atoms in total. The van der Waals surface area contributed by atoms with Crippen molar-refractivity contribution in [1.82, 2.24) is 9.38 Å². The normalized spacial score (nSPS) is 12.0. The molecule has 94 valence electrons. The molecule has 0 bridgehead atoms. The van der Waals surface area contributed by atoms with E-state index < -0.39 is 0 Å². The van der Waals surface area contributed by atoms with Gasteiger partial charge >= 0.3 is 0 Å². The minimum absolute atomic E-state index is 1.06. The number of nitrogens with zero attached hydrogens (tertiary/aromatic N) is 2. The van der Waals surface area contributed by atoms with Gasteiger partial charge in [-0.1, -0.05) is 24.3 Å². The summed E-state index contributed by atoms with van der Waals surface area (Å²) in [6.07, 6.45) is 2.12. The smallest absolute Gasteiger partial charge is 0.155 e. The summed E-state index contributed by atoms with van der Waals surface area (Å²) in [7, 11) is 0. The molecular formula is C17H10N2S. The fraction of sp³-hybridized carbons (Fsp3) is 0. The molecule has 0 aliphatic heterocycles. The van der Waals surface area contributed by atoms with Gasteiger partial charge in [-0.2, -0.15) is 0 Å². The van der Waals surface area contributed by atoms with E-state index in [-0.39, 0.29) is 0 Å². The molecule has 3 aromatic heterocycles. The van der Waals surface area contributed by atoms with Crippen LogP contribution in [0.5, 0.6) is 0 Å². The topological polar surface area (TPSA) is 17.3 Å². The zero-order valence-electron chi connectivity index (χ0n) is 10.6. The lowest BCUT2D eigenvalue weighted by Crippen LogP contribution is -1.83. The van der Waals surface area contributed by atoms with E-state index in [1.807, 2.05) is 0 Å². The van der Waals surface area contributed by atoms with Gasteiger partial charge in [0.2, 0.25) is 0 Å². The van der Waals surface area contributed by atoms with Gasteiger partial charge < -0.3 is 0 Å². The van der Waals surface area contributed by atoms with Gasteiger partial charge in [-0.15, -0.1) is 11.3 Å². The fourth-order valence-electron chi connectivity index (χ4n) is 2.88. The number of benzene rings is 2. The Kier molecular flexibility index (Phi) is 1.86. The number of pyridine rings is 1. The predicted octanol–water partition coefficient (Wildman–Crippen LogP) is 4.86. The van der Waals surface area contributed by atoms with E-state index in [4.69, 9.17) is 4.98 Å². The first-order valence-electron chi connectivity index (χ1n) is 6.57. The molecule has 2 aromatic carbocycles. The first kappa shape index (κ1) is 10.4. The molecule has 0 aliphatic carbocycles. The van der Waals surface area contributed by atoms with Gasteiger partial charge in [-0.3, -0.25) is 4.40 Å². The van der Waals surface area contributed by atoms with E-state index >= 15 is 0 Å². The van der Waals surface area contributed by atoms with Gasteiger partial charge in [-0.05, 0) is 45.8 Å². The van der Waals surface area contributed by atoms with Crippen molar-refractivity contribution in [2.24, 2.45) is 0 Å². The van der Waals surface area contributed by atoms with Gasteiger partial charge in [0.25, 0.3) is 0 Å². The molecule has 5 rings (SSSR count). The van der Waals surface area contributed by atoms with E-state index in [0.717, 1.165) is 11.2 Å². The highest BCUT2D eigenvalue weighted by Gasteiger charge is 2.09. The summed E-state index contributed by atoms with van der Waals surface area (Å²) in [6, 6.07) is 17.2. The Morgan fingerprint density at radius 1 is 0.900 bits per heavy atom. The van der Waals surface area contributed by atoms with Crippen molar-refractivity contribution in [3.8, 4) is 0 Å². The number of hydrogen-bond donors (Lipinski definition) is 0. The van der Waals surface area contributed by atoms with Crippen molar-refractivity contribution in [1.29, 1.82) is 0 Å². The molecule has 0 spiro atoms. The fourth-order valence-corrected chi connectivity index (χ4v) is 3.75. The Bertz CT molecular complexity index is 1100. The largest absolute Gasteiger partial charge is 0.298 e. The van der Waals surface area contributed by atoms with Crippen molar-refractivity contribution in [2.75, 3.05) is 0 Å². The summed E-state index contributed by atoms with van der Waals surface area (Å²) in [5.74, 6) is 0. The molecule has 0 fully saturated rings. The van der Waals surface area contributed by atoms with Crippen LogP contribution in [0, 0.1) is 0 Å². The third-order valence-corrected chi connectivity index (χ3v) is 4.79. The van der Waals surface area contributed by atoms with Crippen LogP contribution < -0.4 is 0 Å². The van der Waals surface area contributed by atoms with Crippen LogP contribution in [0.1, 0.15) is 0 Å². The summed E-state index contributed by atoms with van der Waals surface area (Å²) >= 11 is 1.75. The zero-order valence-corrected chi connectivity index (χ0v) is 11.4. The number of rotatable bonds is 0. The molecule has 3 heterocycles. The number of hydrogen-bond acceptors (Lipinski definition) is 2. The van der Waals surface area contributed by atoms with Gasteiger partial charge in [0, 0.05) is 6.20 Å². The Hall–Kier alpha value is -2.39. The summed E-state index contributed by atoms with van der Waals surface area (Å²) in [4.78, 5) is 4.84. The number of aromatic nitrogens is 2. The first-order chi connectivity index (χ1) is 9.90. The third kappa shape index (κ3) is 1.25. The van der Waals surface area contributed by atoms with Crippen molar-refractivity contribution in [3.05, 3.63) is 60.1 Å². The van der Waals surface area contributed by atoms with Crippen LogP contribution in [0.15, 0.2) is 60.1 Å². The maximum Gasteiger partial charge on any atom is 0.155 e. The monoisotopic (exact) mass is 274 g/mol. The van der Waals surface area contributed by atoms with E-state index in [2.05, 4.69) is 64.5 Å². The van der Waals surface area contributed by atoms with Crippen molar-refractivity contribution >= 4 is 48.9 Å². The van der Waals surface area contributed by atoms with Crippen LogP contribution in [-0.4, -0.2) is 9.38 Å². The maximum absolute atomic E-state index is 4.84. The summed E-state index contributed by atoms with van der Waals surface area (Å²) in [5, 5.41) is 5.89. The quantitative estimate of drug-likeness (QED) is 0.394. The van der Waals surface area contributed by atoms with Crippen LogP contribution in [0.25, 0.3) is 37.5 Å². The zero-order chi connectivity index (χ0) is 13.1. The van der Waals surface area contributed by atoms with Gasteiger partial charge in [-0.25, -0.2) is 4.98 Å². The second-order valence-corrected chi connectivity index (χ2v) is 5.93. The van der Waals surface area contributed by atoms with E-state index in [1.54, 1.807) is 11.3 Å². The molecule has 0 saturated carbocycles. The highest BCUT2D eigenvalue weighted by atomic mass is 32.1. The molecule has 0 aliphatic rings. The summed E-state index contributed by atoms with van der Waals surface area (Å²) in [5.41, 5.74) is 3.29. The van der Waals surface area contributed by atoms with Crippen molar-refractivity contribution < 1.29 is 0 Å². The Balaban J connectivity index is 2.07. The SMILES string of the molecule is c1ccc2cc3c(cc2c1)nc1c2sccc2ccn31. The van der Waals surface area contributed by atoms with Crippen molar-refractivity contribution in [2.45, 2.75) is 0 Å². The molecular weight excluding hydrogens is 264 g/mol. The van der Waals surface area contributed by atoms with E-state index in [1.165, 1.54) is 26.4 Å². The standard InChI is InChI=1S/C17H10N2S/c1-2-4-13-10-15-14(9-12(13)3-1)18-17-16-11(6-8-20-16)5-7-19(15)17/h1-10H. The maximum atomic E-state index is 4.84. The average molecular weight is 274 g/mol. The molecule has 20 heavy (non-hydrogen) atoms. The third-order valence-electron chi connectivity index (χ3n) is 3.86. The van der Waals surface area contributed by atoms with E-state index in [9.17, 15) is 0 Å². The van der Waals surface area contributed by atoms with Gasteiger partial charge in [0.15, 0.2) is 5.65 Å². The Morgan fingerprint density at radius 3 is 2.65 bits per heavy atom. The summed E-state index contributed by atoms with van der Waals surface area (Å²) in [6.45, 7) is 0. The van der Waals surface area contributed by atoms with Gasteiger partial charge in [0.1, 0.15) is 0 Å². The van der Waals surface area contributed by atoms with Crippen molar-refractivity contribution in [3.63, 3.8) is 0 Å². The van der Waals surface area contributed by atoms with Crippen LogP contribution in [0.3, 0.4) is 0 Å². The van der Waals surface area contributed by atoms with Crippen LogP contribution in [-0.2, 0) is 0 Å². The van der Waals surface area contributed by atoms with Gasteiger partial charge in [0.05, 0.1) is 15.7 Å². The Morgan fingerprint density at radius 2 is 1.75 bits per heavy atom. The lowest BCUT2D eigenvalue weighted by molar-refractivity contribution is 1.25. The molecule has 5 aromatic rings. The molecule has 0 radical (unpaired) electrons. The molecule has 0 unspecified atom stereocenters. The molecule has 0 saturated heterocycles. The molecule has 3 heteroatoms. The first-order valence-corrected chi connectivity index (χ1v) is 7.45. The highest BCUT2D eigenvalue weighted by molar-refractivity contribution is 7.18. The number of fused-ring (bicyclic) bond motifs is 6. The lowest BCUT2D eigenvalue weighted by Gasteiger charge is -1.99. The number of thiophene rings is 1. The summed E-state index contributed by atoms with van der Waals surface area (Å²) < 4.78 is 3.45. The Labute approximate surface area is 118 Å². The second kappa shape index (κ2) is 3.58. The second-order valence-electron chi connectivity index (χ2n) is 5.01. The minimum atomic E-state index is 1.06. The predicted molar refractivity (Wildman–Crippen MR) is 85.6 cm³/mol. The van der Waals surface area contributed by atoms with Crippen LogP contribution >= 0.6 is 11.3 Å². The highest BCUT2D eigenvalue weighted by Crippen LogP contribution is 2.29. The molecule has 0 atom stereocenters. The molecule has 0 amide bonds. The van der Waals surface area contributed by atoms with Crippen LogP contribution in [0.4, 0.5) is 0 Å².